The van der Waals surface area contributed by atoms with Crippen LogP contribution in [0, 0.1) is 0 Å². The molecule has 1 saturated heterocycles. The van der Waals surface area contributed by atoms with Crippen LogP contribution < -0.4 is 11.2 Å². The molecule has 1 unspecified atom stereocenters. The molecule has 1 aromatic carbocycles. The lowest BCUT2D eigenvalue weighted by Gasteiger charge is -2.35. The van der Waals surface area contributed by atoms with Crippen molar-refractivity contribution in [2.45, 2.75) is 19.5 Å². The molecule has 1 amide bonds. The first-order chi connectivity index (χ1) is 13.6. The molecule has 1 aliphatic rings. The number of nitrogen functional groups attached to an aromatic ring is 1. The molecule has 9 nitrogen and oxygen atoms in total. The first-order valence-electron chi connectivity index (χ1n) is 9.36. The molecule has 3 N–H and O–H groups in total. The SMILES string of the molecule is CC(C(=O)NN1CCN(Cc2ccccc2)CC1)n1cnc2c(N)ncnc21. The van der Waals surface area contributed by atoms with Crippen molar-refractivity contribution < 1.29 is 4.79 Å². The van der Waals surface area contributed by atoms with E-state index in [4.69, 9.17) is 5.73 Å². The number of imidazole rings is 1. The van der Waals surface area contributed by atoms with Gasteiger partial charge < -0.3 is 10.3 Å². The van der Waals surface area contributed by atoms with E-state index in [1.807, 2.05) is 18.0 Å². The molecule has 4 rings (SSSR count). The molecule has 0 spiro atoms. The second kappa shape index (κ2) is 7.91. The fraction of sp³-hybridized carbons (Fsp3) is 0.368. The van der Waals surface area contributed by atoms with Crippen LogP contribution in [0.5, 0.6) is 0 Å². The normalized spacial score (nSPS) is 16.9. The van der Waals surface area contributed by atoms with Gasteiger partial charge in [0.2, 0.25) is 0 Å². The van der Waals surface area contributed by atoms with Crippen LogP contribution in [-0.2, 0) is 11.3 Å². The number of piperazine rings is 1. The summed E-state index contributed by atoms with van der Waals surface area (Å²) in [6, 6.07) is 9.98. The summed E-state index contributed by atoms with van der Waals surface area (Å²) in [7, 11) is 0. The fourth-order valence-electron chi connectivity index (χ4n) is 3.39. The standard InChI is InChI=1S/C19H24N8O/c1-14(27-13-23-16-17(20)21-12-22-18(16)27)19(28)24-26-9-7-25(8-10-26)11-15-5-3-2-4-6-15/h2-6,12-14H,7-11H2,1H3,(H,24,28)(H2,20,21,22). The molecule has 0 saturated carbocycles. The number of nitrogens with two attached hydrogens (primary N) is 1. The van der Waals surface area contributed by atoms with Crippen molar-refractivity contribution in [2.24, 2.45) is 0 Å². The smallest absolute Gasteiger partial charge is 0.257 e. The molecule has 146 valence electrons. The molecule has 1 atom stereocenters. The highest BCUT2D eigenvalue weighted by Crippen LogP contribution is 2.18. The number of hydrogen-bond donors (Lipinski definition) is 2. The highest BCUT2D eigenvalue weighted by Gasteiger charge is 2.23. The molecule has 28 heavy (non-hydrogen) atoms. The van der Waals surface area contributed by atoms with Gasteiger partial charge in [0.15, 0.2) is 11.5 Å². The number of nitrogens with one attached hydrogen (secondary N) is 1. The number of hydrazine groups is 1. The van der Waals surface area contributed by atoms with Gasteiger partial charge in [0, 0.05) is 32.7 Å². The minimum absolute atomic E-state index is 0.104. The van der Waals surface area contributed by atoms with Gasteiger partial charge in [0.05, 0.1) is 6.33 Å². The maximum absolute atomic E-state index is 12.7. The maximum atomic E-state index is 12.7. The van der Waals surface area contributed by atoms with Gasteiger partial charge in [0.25, 0.3) is 5.91 Å². The average molecular weight is 380 g/mol. The monoisotopic (exact) mass is 380 g/mol. The zero-order chi connectivity index (χ0) is 19.5. The van der Waals surface area contributed by atoms with Crippen molar-refractivity contribution in [3.8, 4) is 0 Å². The molecule has 2 aromatic heterocycles. The molecule has 0 bridgehead atoms. The molecule has 1 fully saturated rings. The Hall–Kier alpha value is -3.04. The predicted octanol–water partition coefficient (Wildman–Crippen LogP) is 0.818. The molecular weight excluding hydrogens is 356 g/mol. The summed E-state index contributed by atoms with van der Waals surface area (Å²) in [5, 5.41) is 1.97. The quantitative estimate of drug-likeness (QED) is 0.675. The van der Waals surface area contributed by atoms with Gasteiger partial charge in [-0.25, -0.2) is 20.0 Å². The van der Waals surface area contributed by atoms with E-state index in [2.05, 4.69) is 49.5 Å². The molecule has 3 aromatic rings. The highest BCUT2D eigenvalue weighted by molar-refractivity contribution is 5.85. The summed E-state index contributed by atoms with van der Waals surface area (Å²) < 4.78 is 1.72. The van der Waals surface area contributed by atoms with Gasteiger partial charge >= 0.3 is 0 Å². The summed E-state index contributed by atoms with van der Waals surface area (Å²) in [4.78, 5) is 27.5. The van der Waals surface area contributed by atoms with Gasteiger partial charge in [-0.1, -0.05) is 30.3 Å². The molecule has 0 radical (unpaired) electrons. The zero-order valence-electron chi connectivity index (χ0n) is 15.8. The van der Waals surface area contributed by atoms with Crippen LogP contribution in [0.25, 0.3) is 11.2 Å². The molecule has 0 aliphatic carbocycles. The second-order valence-corrected chi connectivity index (χ2v) is 6.98. The van der Waals surface area contributed by atoms with Crippen LogP contribution in [0.4, 0.5) is 5.82 Å². The number of hydrogen-bond acceptors (Lipinski definition) is 7. The lowest BCUT2D eigenvalue weighted by molar-refractivity contribution is -0.129. The number of anilines is 1. The number of benzene rings is 1. The van der Waals surface area contributed by atoms with Crippen LogP contribution in [0.15, 0.2) is 43.0 Å². The number of fused-ring (bicyclic) bond motifs is 1. The van der Waals surface area contributed by atoms with Gasteiger partial charge in [-0.15, -0.1) is 0 Å². The third kappa shape index (κ3) is 3.80. The Morgan fingerprint density at radius 1 is 1.14 bits per heavy atom. The Kier molecular flexibility index (Phi) is 5.18. The first-order valence-corrected chi connectivity index (χ1v) is 9.36. The van der Waals surface area contributed by atoms with E-state index in [-0.39, 0.29) is 5.91 Å². The Morgan fingerprint density at radius 2 is 1.89 bits per heavy atom. The summed E-state index contributed by atoms with van der Waals surface area (Å²) in [6.07, 6.45) is 2.96. The van der Waals surface area contributed by atoms with E-state index >= 15 is 0 Å². The minimum Gasteiger partial charge on any atom is -0.382 e. The topological polar surface area (TPSA) is 105 Å². The van der Waals surface area contributed by atoms with Crippen LogP contribution in [-0.4, -0.2) is 61.5 Å². The third-order valence-electron chi connectivity index (χ3n) is 5.07. The van der Waals surface area contributed by atoms with E-state index in [0.29, 0.717) is 17.0 Å². The summed E-state index contributed by atoms with van der Waals surface area (Å²) in [5.74, 6) is 0.207. The van der Waals surface area contributed by atoms with Crippen LogP contribution >= 0.6 is 0 Å². The second-order valence-electron chi connectivity index (χ2n) is 6.98. The van der Waals surface area contributed by atoms with Crippen molar-refractivity contribution in [3.63, 3.8) is 0 Å². The van der Waals surface area contributed by atoms with E-state index in [0.717, 1.165) is 32.7 Å². The Balaban J connectivity index is 1.33. The van der Waals surface area contributed by atoms with Crippen molar-refractivity contribution in [1.29, 1.82) is 0 Å². The van der Waals surface area contributed by atoms with Crippen LogP contribution in [0.2, 0.25) is 0 Å². The van der Waals surface area contributed by atoms with Crippen molar-refractivity contribution >= 4 is 22.9 Å². The van der Waals surface area contributed by atoms with Crippen molar-refractivity contribution in [2.75, 3.05) is 31.9 Å². The third-order valence-corrected chi connectivity index (χ3v) is 5.07. The van der Waals surface area contributed by atoms with E-state index in [1.165, 1.54) is 11.9 Å². The first kappa shape index (κ1) is 18.3. The van der Waals surface area contributed by atoms with Gasteiger partial charge in [-0.3, -0.25) is 15.1 Å². The number of carbonyl (C=O) groups excluding carboxylic acids is 1. The van der Waals surface area contributed by atoms with E-state index in [1.54, 1.807) is 10.9 Å². The summed E-state index contributed by atoms with van der Waals surface area (Å²) in [6.45, 7) is 6.13. The molecular formula is C19H24N8O. The van der Waals surface area contributed by atoms with Crippen molar-refractivity contribution in [3.05, 3.63) is 48.5 Å². The van der Waals surface area contributed by atoms with Gasteiger partial charge in [-0.05, 0) is 12.5 Å². The summed E-state index contributed by atoms with van der Waals surface area (Å²) in [5.41, 5.74) is 11.2. The van der Waals surface area contributed by atoms with E-state index in [9.17, 15) is 4.79 Å². The average Bonchev–Trinajstić information content (AvgIpc) is 3.15. The fourth-order valence-corrected chi connectivity index (χ4v) is 3.39. The molecule has 9 heteroatoms. The summed E-state index contributed by atoms with van der Waals surface area (Å²) >= 11 is 0. The Bertz CT molecular complexity index is 949. The lowest BCUT2D eigenvalue weighted by Crippen LogP contribution is -2.54. The number of aromatic nitrogens is 4. The van der Waals surface area contributed by atoms with Crippen LogP contribution in [0.3, 0.4) is 0 Å². The minimum atomic E-state index is -0.457. The Labute approximate surface area is 163 Å². The molecule has 1 aliphatic heterocycles. The highest BCUT2D eigenvalue weighted by atomic mass is 16.2. The number of amides is 1. The Morgan fingerprint density at radius 3 is 2.64 bits per heavy atom. The number of nitrogens with zero attached hydrogens (tertiary/aromatic N) is 6. The maximum Gasteiger partial charge on any atom is 0.257 e. The largest absolute Gasteiger partial charge is 0.382 e. The van der Waals surface area contributed by atoms with Crippen LogP contribution in [0.1, 0.15) is 18.5 Å². The van der Waals surface area contributed by atoms with Gasteiger partial charge in [-0.2, -0.15) is 0 Å². The van der Waals surface area contributed by atoms with Crippen molar-refractivity contribution in [1.82, 2.24) is 34.9 Å². The molecule has 3 heterocycles. The number of rotatable bonds is 5. The number of carbonyl (C=O) groups is 1. The zero-order valence-corrected chi connectivity index (χ0v) is 15.8. The van der Waals surface area contributed by atoms with Gasteiger partial charge in [0.1, 0.15) is 17.9 Å². The lowest BCUT2D eigenvalue weighted by atomic mass is 10.2. The predicted molar refractivity (Wildman–Crippen MR) is 106 cm³/mol. The van der Waals surface area contributed by atoms with E-state index < -0.39 is 6.04 Å².